The molecule has 0 saturated carbocycles. The van der Waals surface area contributed by atoms with Crippen LogP contribution in [-0.4, -0.2) is 52.6 Å². The second-order valence-corrected chi connectivity index (χ2v) is 7.81. The van der Waals surface area contributed by atoms with Gasteiger partial charge in [0, 0.05) is 35.3 Å². The Bertz CT molecular complexity index is 1240. The zero-order chi connectivity index (χ0) is 22.0. The molecule has 0 spiro atoms. The predicted molar refractivity (Wildman–Crippen MR) is 120 cm³/mol. The minimum Gasteiger partial charge on any atom is -0.349 e. The first-order valence-electron chi connectivity index (χ1n) is 9.77. The second kappa shape index (κ2) is 8.83. The maximum Gasteiger partial charge on any atom is 0.270 e. The number of amides is 1. The number of nitrogens with zero attached hydrogens (tertiary/aromatic N) is 4. The van der Waals surface area contributed by atoms with Crippen LogP contribution in [0.2, 0.25) is 5.02 Å². The molecule has 2 heterocycles. The summed E-state index contributed by atoms with van der Waals surface area (Å²) in [7, 11) is 3.86. The highest BCUT2D eigenvalue weighted by Gasteiger charge is 2.18. The first-order chi connectivity index (χ1) is 14.9. The maximum absolute atomic E-state index is 14.4. The van der Waals surface area contributed by atoms with Crippen LogP contribution in [-0.2, 0) is 0 Å². The van der Waals surface area contributed by atoms with Crippen molar-refractivity contribution in [3.8, 4) is 22.5 Å². The van der Waals surface area contributed by atoms with E-state index in [0.717, 1.165) is 5.56 Å². The molecule has 0 unspecified atom stereocenters. The van der Waals surface area contributed by atoms with Crippen LogP contribution in [0.4, 0.5) is 4.39 Å². The van der Waals surface area contributed by atoms with E-state index in [9.17, 15) is 9.18 Å². The van der Waals surface area contributed by atoms with Crippen molar-refractivity contribution in [1.29, 1.82) is 0 Å². The lowest BCUT2D eigenvalue weighted by atomic mass is 10.1. The first kappa shape index (κ1) is 21.0. The molecule has 2 aromatic carbocycles. The second-order valence-electron chi connectivity index (χ2n) is 7.37. The van der Waals surface area contributed by atoms with E-state index >= 15 is 0 Å². The number of benzene rings is 2. The summed E-state index contributed by atoms with van der Waals surface area (Å²) in [6.07, 6.45) is 0. The average molecular weight is 438 g/mol. The Hall–Kier alpha value is -3.29. The number of aromatic nitrogens is 3. The molecule has 0 aliphatic carbocycles. The number of carbonyl (C=O) groups is 1. The Balaban J connectivity index is 1.82. The molecule has 8 heteroatoms. The van der Waals surface area contributed by atoms with Crippen molar-refractivity contribution in [1.82, 2.24) is 24.8 Å². The fraction of sp³-hybridized carbons (Fsp3) is 0.174. The maximum atomic E-state index is 14.4. The average Bonchev–Trinajstić information content (AvgIpc) is 3.17. The lowest BCUT2D eigenvalue weighted by molar-refractivity contribution is 0.0943. The van der Waals surface area contributed by atoms with Crippen molar-refractivity contribution in [2.45, 2.75) is 0 Å². The van der Waals surface area contributed by atoms with Gasteiger partial charge in [0.2, 0.25) is 0 Å². The lowest BCUT2D eigenvalue weighted by Gasteiger charge is -2.12. The van der Waals surface area contributed by atoms with E-state index in [2.05, 4.69) is 15.4 Å². The van der Waals surface area contributed by atoms with Gasteiger partial charge in [0.1, 0.15) is 11.5 Å². The summed E-state index contributed by atoms with van der Waals surface area (Å²) in [5.74, 6) is -0.714. The zero-order valence-electron chi connectivity index (χ0n) is 17.1. The molecule has 1 N–H and O–H groups in total. The molecule has 0 bridgehead atoms. The molecule has 4 aromatic rings. The molecule has 0 aliphatic heterocycles. The largest absolute Gasteiger partial charge is 0.349 e. The number of hydrogen-bond acceptors (Lipinski definition) is 4. The van der Waals surface area contributed by atoms with E-state index in [0.29, 0.717) is 40.7 Å². The van der Waals surface area contributed by atoms with Gasteiger partial charge in [-0.3, -0.25) is 4.79 Å². The van der Waals surface area contributed by atoms with E-state index < -0.39 is 5.82 Å². The van der Waals surface area contributed by atoms with Crippen molar-refractivity contribution in [3.63, 3.8) is 0 Å². The third-order valence-electron chi connectivity index (χ3n) is 4.79. The summed E-state index contributed by atoms with van der Waals surface area (Å²) in [5.41, 5.74) is 2.89. The minimum absolute atomic E-state index is 0.280. The van der Waals surface area contributed by atoms with Gasteiger partial charge in [-0.25, -0.2) is 13.9 Å². The fourth-order valence-electron chi connectivity index (χ4n) is 3.19. The van der Waals surface area contributed by atoms with Crippen molar-refractivity contribution >= 4 is 23.2 Å². The highest BCUT2D eigenvalue weighted by Crippen LogP contribution is 2.26. The fourth-order valence-corrected chi connectivity index (χ4v) is 3.31. The summed E-state index contributed by atoms with van der Waals surface area (Å²) in [6, 6.07) is 16.9. The van der Waals surface area contributed by atoms with Crippen molar-refractivity contribution < 1.29 is 9.18 Å². The summed E-state index contributed by atoms with van der Waals surface area (Å²) in [6.45, 7) is 1.16. The molecular weight excluding hydrogens is 417 g/mol. The summed E-state index contributed by atoms with van der Waals surface area (Å²) in [4.78, 5) is 19.5. The molecule has 0 atom stereocenters. The third-order valence-corrected chi connectivity index (χ3v) is 5.05. The number of carbonyl (C=O) groups excluding carboxylic acids is 1. The SMILES string of the molecule is CN(C)CCNC(=O)c1cc(-c2ccccc2F)nc2cc(-c3ccc(Cl)cc3)nn12. The number of nitrogens with one attached hydrogen (secondary N) is 1. The van der Waals surface area contributed by atoms with Crippen molar-refractivity contribution in [3.05, 3.63) is 77.2 Å². The smallest absolute Gasteiger partial charge is 0.270 e. The summed E-state index contributed by atoms with van der Waals surface area (Å²) >= 11 is 5.99. The Morgan fingerprint density at radius 2 is 1.84 bits per heavy atom. The molecular formula is C23H21ClFN5O. The van der Waals surface area contributed by atoms with Crippen molar-refractivity contribution in [2.24, 2.45) is 0 Å². The normalized spacial score (nSPS) is 11.3. The molecule has 2 aromatic heterocycles. The molecule has 0 fully saturated rings. The highest BCUT2D eigenvalue weighted by molar-refractivity contribution is 6.30. The molecule has 0 radical (unpaired) electrons. The van der Waals surface area contributed by atoms with Gasteiger partial charge in [0.25, 0.3) is 5.91 Å². The van der Waals surface area contributed by atoms with E-state index in [1.807, 2.05) is 31.1 Å². The van der Waals surface area contributed by atoms with Gasteiger partial charge >= 0.3 is 0 Å². The van der Waals surface area contributed by atoms with Gasteiger partial charge in [0.05, 0.1) is 11.4 Å². The predicted octanol–water partition coefficient (Wildman–Crippen LogP) is 4.15. The van der Waals surface area contributed by atoms with Crippen LogP contribution < -0.4 is 5.32 Å². The number of likely N-dealkylation sites (N-methyl/N-ethyl adjacent to an activating group) is 1. The Morgan fingerprint density at radius 1 is 1.10 bits per heavy atom. The highest BCUT2D eigenvalue weighted by atomic mass is 35.5. The summed E-state index contributed by atoms with van der Waals surface area (Å²) < 4.78 is 15.9. The van der Waals surface area contributed by atoms with Crippen LogP contribution in [0.1, 0.15) is 10.5 Å². The Kier molecular flexibility index (Phi) is 5.97. The van der Waals surface area contributed by atoms with Gasteiger partial charge in [-0.05, 0) is 44.4 Å². The Morgan fingerprint density at radius 3 is 2.55 bits per heavy atom. The lowest BCUT2D eigenvalue weighted by Crippen LogP contribution is -2.32. The number of fused-ring (bicyclic) bond motifs is 1. The van der Waals surface area contributed by atoms with Crippen LogP contribution in [0.3, 0.4) is 0 Å². The molecule has 6 nitrogen and oxygen atoms in total. The topological polar surface area (TPSA) is 62.5 Å². The van der Waals surface area contributed by atoms with Gasteiger partial charge in [-0.15, -0.1) is 0 Å². The monoisotopic (exact) mass is 437 g/mol. The zero-order valence-corrected chi connectivity index (χ0v) is 17.9. The number of hydrogen-bond donors (Lipinski definition) is 1. The summed E-state index contributed by atoms with van der Waals surface area (Å²) in [5, 5.41) is 8.09. The van der Waals surface area contributed by atoms with E-state index in [1.54, 1.807) is 42.5 Å². The number of rotatable bonds is 6. The molecule has 4 rings (SSSR count). The van der Waals surface area contributed by atoms with Crippen LogP contribution >= 0.6 is 11.6 Å². The van der Waals surface area contributed by atoms with Gasteiger partial charge in [0.15, 0.2) is 5.65 Å². The molecule has 158 valence electrons. The van der Waals surface area contributed by atoms with Gasteiger partial charge < -0.3 is 10.2 Å². The number of halogens is 2. The van der Waals surface area contributed by atoms with E-state index in [1.165, 1.54) is 10.6 Å². The van der Waals surface area contributed by atoms with Gasteiger partial charge in [-0.1, -0.05) is 35.9 Å². The first-order valence-corrected chi connectivity index (χ1v) is 10.1. The Labute approximate surface area is 184 Å². The molecule has 0 saturated heterocycles. The third kappa shape index (κ3) is 4.57. The van der Waals surface area contributed by atoms with Crippen molar-refractivity contribution in [2.75, 3.05) is 27.2 Å². The van der Waals surface area contributed by atoms with E-state index in [4.69, 9.17) is 11.6 Å². The molecule has 1 amide bonds. The van der Waals surface area contributed by atoms with Crippen LogP contribution in [0.5, 0.6) is 0 Å². The molecule has 0 aliphatic rings. The van der Waals surface area contributed by atoms with E-state index in [-0.39, 0.29) is 11.6 Å². The quantitative estimate of drug-likeness (QED) is 0.492. The van der Waals surface area contributed by atoms with Crippen LogP contribution in [0, 0.1) is 5.82 Å². The standard InChI is InChI=1S/C23H21ClFN5O/c1-29(2)12-11-26-23(31)21-13-20(17-5-3-4-6-18(17)25)27-22-14-19(28-30(21)22)15-7-9-16(24)10-8-15/h3-10,13-14H,11-12H2,1-2H3,(H,26,31). The minimum atomic E-state index is -0.407. The van der Waals surface area contributed by atoms with Crippen LogP contribution in [0.25, 0.3) is 28.2 Å². The van der Waals surface area contributed by atoms with Crippen LogP contribution in [0.15, 0.2) is 60.7 Å². The van der Waals surface area contributed by atoms with Gasteiger partial charge in [-0.2, -0.15) is 5.10 Å². The molecule has 31 heavy (non-hydrogen) atoms.